The number of piperazine rings is 1. The van der Waals surface area contributed by atoms with Crippen molar-refractivity contribution >= 4 is 40.7 Å². The van der Waals surface area contributed by atoms with E-state index in [1.54, 1.807) is 23.1 Å². The van der Waals surface area contributed by atoms with Crippen molar-refractivity contribution in [2.24, 2.45) is 0 Å². The summed E-state index contributed by atoms with van der Waals surface area (Å²) >= 11 is 18.0. The zero-order valence-electron chi connectivity index (χ0n) is 14.0. The number of carbonyl (C=O) groups excluding carboxylic acids is 1. The monoisotopic (exact) mass is 413 g/mol. The van der Waals surface area contributed by atoms with Crippen molar-refractivity contribution in [2.75, 3.05) is 39.3 Å². The molecule has 2 heterocycles. The molecular formula is C18H18Cl3N3O2. The summed E-state index contributed by atoms with van der Waals surface area (Å²) in [6.45, 7) is 4.04. The quantitative estimate of drug-likeness (QED) is 0.697. The first-order valence-corrected chi connectivity index (χ1v) is 9.39. The van der Waals surface area contributed by atoms with Gasteiger partial charge in [0.05, 0.1) is 10.0 Å². The first-order chi connectivity index (χ1) is 12.5. The van der Waals surface area contributed by atoms with Gasteiger partial charge in [-0.05, 0) is 24.3 Å². The number of nitrogens with zero attached hydrogens (tertiary/aromatic N) is 3. The minimum Gasteiger partial charge on any atom is -0.491 e. The second kappa shape index (κ2) is 8.91. The normalized spacial score (nSPS) is 15.1. The highest BCUT2D eigenvalue weighted by Crippen LogP contribution is 2.23. The lowest BCUT2D eigenvalue weighted by molar-refractivity contribution is 0.0615. The molecule has 26 heavy (non-hydrogen) atoms. The van der Waals surface area contributed by atoms with Gasteiger partial charge in [-0.1, -0.05) is 46.9 Å². The van der Waals surface area contributed by atoms with Gasteiger partial charge in [0.2, 0.25) is 0 Å². The molecule has 1 saturated heterocycles. The number of carbonyl (C=O) groups is 1. The van der Waals surface area contributed by atoms with Gasteiger partial charge in [0.15, 0.2) is 0 Å². The van der Waals surface area contributed by atoms with Gasteiger partial charge in [-0.15, -0.1) is 0 Å². The fourth-order valence-electron chi connectivity index (χ4n) is 2.74. The maximum atomic E-state index is 12.6. The molecule has 0 N–H and O–H groups in total. The number of pyridine rings is 1. The summed E-state index contributed by atoms with van der Waals surface area (Å²) in [5.41, 5.74) is 0.203. The molecule has 8 heteroatoms. The van der Waals surface area contributed by atoms with Crippen molar-refractivity contribution in [3.63, 3.8) is 0 Å². The summed E-state index contributed by atoms with van der Waals surface area (Å²) in [6.07, 6.45) is 0. The van der Waals surface area contributed by atoms with Crippen LogP contribution >= 0.6 is 34.8 Å². The van der Waals surface area contributed by atoms with Gasteiger partial charge >= 0.3 is 0 Å². The summed E-state index contributed by atoms with van der Waals surface area (Å²) < 4.78 is 5.72. The average Bonchev–Trinajstić information content (AvgIpc) is 2.65. The Bertz CT molecular complexity index is 780. The first kappa shape index (κ1) is 19.2. The second-order valence-electron chi connectivity index (χ2n) is 5.88. The van der Waals surface area contributed by atoms with Gasteiger partial charge in [-0.3, -0.25) is 9.69 Å². The molecule has 0 unspecified atom stereocenters. The minimum atomic E-state index is -0.190. The summed E-state index contributed by atoms with van der Waals surface area (Å²) in [5.74, 6) is 0.495. The lowest BCUT2D eigenvalue weighted by Crippen LogP contribution is -2.49. The molecule has 0 spiro atoms. The number of para-hydroxylation sites is 1. The number of hydrogen-bond acceptors (Lipinski definition) is 4. The van der Waals surface area contributed by atoms with Gasteiger partial charge in [-0.25, -0.2) is 4.98 Å². The maximum Gasteiger partial charge on any atom is 0.274 e. The number of halogens is 3. The molecule has 3 rings (SSSR count). The van der Waals surface area contributed by atoms with E-state index in [4.69, 9.17) is 39.5 Å². The average molecular weight is 415 g/mol. The van der Waals surface area contributed by atoms with E-state index in [0.717, 1.165) is 19.6 Å². The fraction of sp³-hybridized carbons (Fsp3) is 0.333. The number of benzene rings is 1. The van der Waals surface area contributed by atoms with E-state index in [9.17, 15) is 4.79 Å². The Morgan fingerprint density at radius 3 is 2.46 bits per heavy atom. The topological polar surface area (TPSA) is 45.7 Å². The molecule has 1 aromatic heterocycles. The number of amides is 1. The molecule has 1 amide bonds. The highest BCUT2D eigenvalue weighted by atomic mass is 35.5. The van der Waals surface area contributed by atoms with Crippen molar-refractivity contribution in [3.8, 4) is 5.75 Å². The van der Waals surface area contributed by atoms with Crippen LogP contribution in [0, 0.1) is 0 Å². The van der Waals surface area contributed by atoms with Crippen LogP contribution in [-0.4, -0.2) is 60.0 Å². The van der Waals surface area contributed by atoms with E-state index < -0.39 is 0 Å². The lowest BCUT2D eigenvalue weighted by atomic mass is 10.2. The second-order valence-corrected chi connectivity index (χ2v) is 7.08. The van der Waals surface area contributed by atoms with Crippen LogP contribution in [0.15, 0.2) is 36.4 Å². The van der Waals surface area contributed by atoms with Crippen molar-refractivity contribution in [1.29, 1.82) is 0 Å². The predicted molar refractivity (Wildman–Crippen MR) is 104 cm³/mol. The number of hydrogen-bond donors (Lipinski definition) is 0. The third-order valence-electron chi connectivity index (χ3n) is 4.18. The van der Waals surface area contributed by atoms with E-state index in [-0.39, 0.29) is 16.8 Å². The molecule has 0 saturated carbocycles. The van der Waals surface area contributed by atoms with Crippen molar-refractivity contribution in [3.05, 3.63) is 57.3 Å². The Morgan fingerprint density at radius 2 is 1.73 bits per heavy atom. The summed E-state index contributed by atoms with van der Waals surface area (Å²) in [5, 5.41) is 1.18. The molecule has 1 fully saturated rings. The maximum absolute atomic E-state index is 12.6. The minimum absolute atomic E-state index is 0.190. The summed E-state index contributed by atoms with van der Waals surface area (Å²) in [7, 11) is 0. The van der Waals surface area contributed by atoms with Gasteiger partial charge in [0, 0.05) is 32.7 Å². The molecule has 1 aliphatic heterocycles. The predicted octanol–water partition coefficient (Wildman–Crippen LogP) is 3.88. The number of aromatic nitrogens is 1. The SMILES string of the molecule is O=C(c1nc(Cl)ccc1Cl)N1CCN(CCOc2ccccc2Cl)CC1. The first-order valence-electron chi connectivity index (χ1n) is 8.25. The third-order valence-corrected chi connectivity index (χ3v) is 5.00. The summed E-state index contributed by atoms with van der Waals surface area (Å²) in [4.78, 5) is 20.6. The molecule has 1 aliphatic rings. The molecule has 0 bridgehead atoms. The molecule has 2 aromatic rings. The van der Waals surface area contributed by atoms with E-state index in [1.807, 2.05) is 18.2 Å². The number of rotatable bonds is 5. The largest absolute Gasteiger partial charge is 0.491 e. The molecule has 0 aliphatic carbocycles. The van der Waals surface area contributed by atoms with E-state index in [1.165, 1.54) is 0 Å². The zero-order chi connectivity index (χ0) is 18.5. The zero-order valence-corrected chi connectivity index (χ0v) is 16.3. The van der Waals surface area contributed by atoms with Gasteiger partial charge < -0.3 is 9.64 Å². The van der Waals surface area contributed by atoms with Gasteiger partial charge in [0.25, 0.3) is 5.91 Å². The van der Waals surface area contributed by atoms with Crippen LogP contribution in [0.2, 0.25) is 15.2 Å². The molecule has 5 nitrogen and oxygen atoms in total. The molecule has 0 atom stereocenters. The van der Waals surface area contributed by atoms with Crippen LogP contribution in [0.5, 0.6) is 5.75 Å². The summed E-state index contributed by atoms with van der Waals surface area (Å²) in [6, 6.07) is 10.6. The van der Waals surface area contributed by atoms with Crippen LogP contribution in [0.25, 0.3) is 0 Å². The molecule has 0 radical (unpaired) electrons. The fourth-order valence-corrected chi connectivity index (χ4v) is 3.26. The Kier molecular flexibility index (Phi) is 6.59. The van der Waals surface area contributed by atoms with Gasteiger partial charge in [0.1, 0.15) is 23.2 Å². The third kappa shape index (κ3) is 4.80. The highest BCUT2D eigenvalue weighted by molar-refractivity contribution is 6.34. The van der Waals surface area contributed by atoms with Crippen molar-refractivity contribution < 1.29 is 9.53 Å². The van der Waals surface area contributed by atoms with Crippen molar-refractivity contribution in [2.45, 2.75) is 0 Å². The Morgan fingerprint density at radius 1 is 1.00 bits per heavy atom. The van der Waals surface area contributed by atoms with E-state index in [2.05, 4.69) is 9.88 Å². The van der Waals surface area contributed by atoms with Crippen LogP contribution < -0.4 is 4.74 Å². The van der Waals surface area contributed by atoms with Crippen LogP contribution in [0.4, 0.5) is 0 Å². The smallest absolute Gasteiger partial charge is 0.274 e. The van der Waals surface area contributed by atoms with Crippen LogP contribution in [0.1, 0.15) is 10.5 Å². The Hall–Kier alpha value is -1.53. The van der Waals surface area contributed by atoms with Crippen LogP contribution in [-0.2, 0) is 0 Å². The van der Waals surface area contributed by atoms with Gasteiger partial charge in [-0.2, -0.15) is 0 Å². The molecule has 138 valence electrons. The Labute approximate surface area is 167 Å². The van der Waals surface area contributed by atoms with E-state index >= 15 is 0 Å². The number of ether oxygens (including phenoxy) is 1. The molecular weight excluding hydrogens is 397 g/mol. The van der Waals surface area contributed by atoms with E-state index in [0.29, 0.717) is 35.5 Å². The molecule has 1 aromatic carbocycles. The lowest BCUT2D eigenvalue weighted by Gasteiger charge is -2.34. The highest BCUT2D eigenvalue weighted by Gasteiger charge is 2.24. The Balaban J connectivity index is 1.47. The van der Waals surface area contributed by atoms with Crippen molar-refractivity contribution in [1.82, 2.24) is 14.8 Å². The standard InChI is InChI=1S/C18H18Cl3N3O2/c19-13-3-1-2-4-15(13)26-12-11-23-7-9-24(10-8-23)18(25)17-14(20)5-6-16(21)22-17/h1-6H,7-12H2. The van der Waals surface area contributed by atoms with Crippen LogP contribution in [0.3, 0.4) is 0 Å².